The van der Waals surface area contributed by atoms with Gasteiger partial charge in [0.15, 0.2) is 0 Å². The summed E-state index contributed by atoms with van der Waals surface area (Å²) in [7, 11) is 0. The van der Waals surface area contributed by atoms with E-state index in [2.05, 4.69) is 4.98 Å². The van der Waals surface area contributed by atoms with Crippen molar-refractivity contribution >= 4 is 28.6 Å². The molecule has 5 nitrogen and oxygen atoms in total. The predicted molar refractivity (Wildman–Crippen MR) is 71.7 cm³/mol. The van der Waals surface area contributed by atoms with Crippen LogP contribution in [0.15, 0.2) is 23.3 Å². The van der Waals surface area contributed by atoms with Crippen molar-refractivity contribution in [2.75, 3.05) is 6.61 Å². The molecule has 0 saturated carbocycles. The number of hydrogen-bond donors (Lipinski definition) is 0. The molecule has 1 rings (SSSR count). The van der Waals surface area contributed by atoms with E-state index in [4.69, 9.17) is 4.74 Å². The number of aromatic nitrogens is 2. The fourth-order valence-corrected chi connectivity index (χ4v) is 1.58. The fourth-order valence-electron chi connectivity index (χ4n) is 1.13. The van der Waals surface area contributed by atoms with Crippen molar-refractivity contribution in [3.05, 3.63) is 38.1 Å². The Hall–Kier alpha value is -1.18. The molecule has 1 heterocycles. The number of halogens is 1. The van der Waals surface area contributed by atoms with Gasteiger partial charge in [-0.3, -0.25) is 9.36 Å². The number of hydrogen-bond acceptors (Lipinski definition) is 4. The molecular formula is C11H13IN2O3. The van der Waals surface area contributed by atoms with E-state index in [1.54, 1.807) is 19.9 Å². The van der Waals surface area contributed by atoms with Crippen LogP contribution >= 0.6 is 22.6 Å². The maximum absolute atomic E-state index is 11.8. The molecule has 0 N–H and O–H groups in total. The van der Waals surface area contributed by atoms with Crippen molar-refractivity contribution in [1.29, 1.82) is 0 Å². The van der Waals surface area contributed by atoms with Gasteiger partial charge in [-0.25, -0.2) is 9.78 Å². The highest BCUT2D eigenvalue weighted by atomic mass is 127. The second-order valence-electron chi connectivity index (χ2n) is 3.26. The van der Waals surface area contributed by atoms with Gasteiger partial charge in [-0.05, 0) is 36.4 Å². The van der Waals surface area contributed by atoms with Gasteiger partial charge in [0.05, 0.1) is 22.2 Å². The third kappa shape index (κ3) is 3.95. The summed E-state index contributed by atoms with van der Waals surface area (Å²) in [6.45, 7) is 4.17. The number of rotatable bonds is 4. The summed E-state index contributed by atoms with van der Waals surface area (Å²) in [4.78, 5) is 26.9. The van der Waals surface area contributed by atoms with Gasteiger partial charge >= 0.3 is 5.97 Å². The van der Waals surface area contributed by atoms with Crippen molar-refractivity contribution in [1.82, 2.24) is 9.55 Å². The molecule has 0 atom stereocenters. The zero-order valence-electron chi connectivity index (χ0n) is 9.64. The summed E-state index contributed by atoms with van der Waals surface area (Å²) in [5.74, 6) is -0.407. The van der Waals surface area contributed by atoms with Gasteiger partial charge in [0.25, 0.3) is 5.56 Å². The van der Waals surface area contributed by atoms with E-state index < -0.39 is 5.97 Å². The minimum absolute atomic E-state index is 0.105. The predicted octanol–water partition coefficient (Wildman–Crippen LogP) is 1.28. The molecule has 0 fully saturated rings. The van der Waals surface area contributed by atoms with Gasteiger partial charge in [-0.2, -0.15) is 0 Å². The maximum atomic E-state index is 11.8. The van der Waals surface area contributed by atoms with E-state index in [0.29, 0.717) is 22.4 Å². The summed E-state index contributed by atoms with van der Waals surface area (Å²) in [5, 5.41) is 0. The number of aryl methyl sites for hydroxylation is 1. The quantitative estimate of drug-likeness (QED) is 0.467. The van der Waals surface area contributed by atoms with E-state index in [1.807, 2.05) is 22.6 Å². The Morgan fingerprint density at radius 3 is 3.00 bits per heavy atom. The highest BCUT2D eigenvalue weighted by Gasteiger charge is 2.03. The Kier molecular flexibility index (Phi) is 5.33. The first-order chi connectivity index (χ1) is 8.06. The Bertz CT molecular complexity index is 494. The zero-order valence-corrected chi connectivity index (χ0v) is 11.8. The second kappa shape index (κ2) is 6.53. The summed E-state index contributed by atoms with van der Waals surface area (Å²) in [6, 6.07) is 0. The molecule has 0 spiro atoms. The van der Waals surface area contributed by atoms with E-state index in [-0.39, 0.29) is 5.56 Å². The van der Waals surface area contributed by atoms with Crippen LogP contribution in [0.4, 0.5) is 0 Å². The minimum atomic E-state index is -0.407. The van der Waals surface area contributed by atoms with Gasteiger partial charge in [0, 0.05) is 12.6 Å². The number of ether oxygens (including phenoxy) is 1. The molecule has 92 valence electrons. The lowest BCUT2D eigenvalue weighted by Gasteiger charge is -2.03. The molecule has 6 heteroatoms. The largest absolute Gasteiger partial charge is 0.463 e. The van der Waals surface area contributed by atoms with Crippen LogP contribution in [0, 0.1) is 10.5 Å². The van der Waals surface area contributed by atoms with Crippen LogP contribution < -0.4 is 5.56 Å². The van der Waals surface area contributed by atoms with Crippen LogP contribution in [0.2, 0.25) is 0 Å². The molecule has 0 aromatic carbocycles. The van der Waals surface area contributed by atoms with E-state index in [0.717, 1.165) is 0 Å². The molecule has 0 radical (unpaired) electrons. The number of esters is 1. The van der Waals surface area contributed by atoms with Crippen LogP contribution in [-0.2, 0) is 16.1 Å². The summed E-state index contributed by atoms with van der Waals surface area (Å²) >= 11 is 1.96. The summed E-state index contributed by atoms with van der Waals surface area (Å²) in [5.41, 5.74) is 0.604. The molecule has 0 saturated heterocycles. The van der Waals surface area contributed by atoms with E-state index in [9.17, 15) is 9.59 Å². The third-order valence-corrected chi connectivity index (χ3v) is 3.24. The van der Waals surface area contributed by atoms with Crippen LogP contribution in [0.3, 0.4) is 0 Å². The van der Waals surface area contributed by atoms with Crippen molar-refractivity contribution in [2.24, 2.45) is 0 Å². The third-order valence-electron chi connectivity index (χ3n) is 2.00. The molecule has 0 bridgehead atoms. The number of carbonyl (C=O) groups is 1. The second-order valence-corrected chi connectivity index (χ2v) is 4.33. The van der Waals surface area contributed by atoms with Gasteiger partial charge in [-0.15, -0.1) is 0 Å². The summed E-state index contributed by atoms with van der Waals surface area (Å²) < 4.78 is 6.75. The average Bonchev–Trinajstić information content (AvgIpc) is 2.29. The molecule has 17 heavy (non-hydrogen) atoms. The van der Waals surface area contributed by atoms with Crippen LogP contribution in [-0.4, -0.2) is 22.1 Å². The maximum Gasteiger partial charge on any atom is 0.330 e. The lowest BCUT2D eigenvalue weighted by atomic mass is 10.4. The monoisotopic (exact) mass is 348 g/mol. The Balaban J connectivity index is 2.74. The summed E-state index contributed by atoms with van der Waals surface area (Å²) in [6.07, 6.45) is 4.35. The normalized spacial score (nSPS) is 10.8. The van der Waals surface area contributed by atoms with Crippen LogP contribution in [0.5, 0.6) is 0 Å². The Labute approximate surface area is 113 Å². The van der Waals surface area contributed by atoms with Crippen molar-refractivity contribution in [3.8, 4) is 0 Å². The molecular weight excluding hydrogens is 335 g/mol. The van der Waals surface area contributed by atoms with Crippen LogP contribution in [0.1, 0.15) is 12.6 Å². The minimum Gasteiger partial charge on any atom is -0.463 e. The first kappa shape index (κ1) is 13.9. The SMILES string of the molecule is CCOC(=O)/C=C/Cn1cnc(C)c(I)c1=O. The lowest BCUT2D eigenvalue weighted by molar-refractivity contribution is -0.137. The average molecular weight is 348 g/mol. The zero-order chi connectivity index (χ0) is 12.8. The highest BCUT2D eigenvalue weighted by molar-refractivity contribution is 14.1. The first-order valence-electron chi connectivity index (χ1n) is 5.11. The fraction of sp³-hybridized carbons (Fsp3) is 0.364. The molecule has 0 unspecified atom stereocenters. The Morgan fingerprint density at radius 2 is 2.35 bits per heavy atom. The molecule has 0 aliphatic heterocycles. The van der Waals surface area contributed by atoms with Gasteiger partial charge in [0.1, 0.15) is 0 Å². The number of nitrogens with zero attached hydrogens (tertiary/aromatic N) is 2. The van der Waals surface area contributed by atoms with Crippen molar-refractivity contribution < 1.29 is 9.53 Å². The molecule has 1 aromatic heterocycles. The van der Waals surface area contributed by atoms with Crippen molar-refractivity contribution in [3.63, 3.8) is 0 Å². The standard InChI is InChI=1S/C11H13IN2O3/c1-3-17-9(15)5-4-6-14-7-13-8(2)10(12)11(14)16/h4-5,7H,3,6H2,1-2H3/b5-4+. The van der Waals surface area contributed by atoms with Gasteiger partial charge < -0.3 is 4.74 Å². The number of allylic oxidation sites excluding steroid dienone is 1. The molecule has 0 amide bonds. The topological polar surface area (TPSA) is 61.2 Å². The van der Waals surface area contributed by atoms with Gasteiger partial charge in [0.2, 0.25) is 0 Å². The van der Waals surface area contributed by atoms with Crippen molar-refractivity contribution in [2.45, 2.75) is 20.4 Å². The van der Waals surface area contributed by atoms with E-state index in [1.165, 1.54) is 17.0 Å². The molecule has 0 aliphatic rings. The van der Waals surface area contributed by atoms with Crippen LogP contribution in [0.25, 0.3) is 0 Å². The highest BCUT2D eigenvalue weighted by Crippen LogP contribution is 2.01. The Morgan fingerprint density at radius 1 is 1.65 bits per heavy atom. The first-order valence-corrected chi connectivity index (χ1v) is 6.19. The van der Waals surface area contributed by atoms with Gasteiger partial charge in [-0.1, -0.05) is 6.08 Å². The lowest BCUT2D eigenvalue weighted by Crippen LogP contribution is -2.23. The molecule has 0 aliphatic carbocycles. The van der Waals surface area contributed by atoms with E-state index >= 15 is 0 Å². The molecule has 1 aromatic rings. The smallest absolute Gasteiger partial charge is 0.330 e. The number of carbonyl (C=O) groups excluding carboxylic acids is 1.